The molecule has 68 heavy (non-hydrogen) atoms. The number of rotatable bonds is 6. The first kappa shape index (κ1) is 37.4. The highest BCUT2D eigenvalue weighted by molar-refractivity contribution is 6.41. The van der Waals surface area contributed by atoms with Gasteiger partial charge in [-0.1, -0.05) is 243 Å². The summed E-state index contributed by atoms with van der Waals surface area (Å²) in [6.45, 7) is 0. The smallest absolute Gasteiger partial charge is 0.00134 e. The maximum atomic E-state index is 2.44. The molecule has 0 saturated heterocycles. The number of fused-ring (bicyclic) bond motifs is 8. The zero-order valence-corrected chi connectivity index (χ0v) is 37.1. The van der Waals surface area contributed by atoms with Gasteiger partial charge in [-0.05, 0) is 154 Å². The van der Waals surface area contributed by atoms with Crippen molar-refractivity contribution in [3.05, 3.63) is 243 Å². The molecule has 312 valence electrons. The molecule has 0 aromatic heterocycles. The predicted octanol–water partition coefficient (Wildman–Crippen LogP) is 19.0. The Kier molecular flexibility index (Phi) is 7.88. The van der Waals surface area contributed by atoms with Gasteiger partial charge in [-0.25, -0.2) is 0 Å². The van der Waals surface area contributed by atoms with Crippen LogP contribution in [-0.2, 0) is 0 Å². The Morgan fingerprint density at radius 2 is 0.368 bits per heavy atom. The summed E-state index contributed by atoms with van der Waals surface area (Å²) in [7, 11) is 0. The number of hydrogen-bond donors (Lipinski definition) is 0. The summed E-state index contributed by atoms with van der Waals surface area (Å²) in [5.41, 5.74) is 25.5. The standard InChI is InChI=1S/C68H40/c1-5-17-41(18-6-1)45-25-13-15-27-49(45)51-31-29-47(43-21-9-3-10-22-43)61-57-37-33-53-56-36-40-60-66-52(50-28-16-14-26-46(50)42-19-7-2-8-20-42)32-30-48(44-23-11-4-12-24-44)62(66)58-38-34-54(64(56)68(58)60)55-35-39-59(65(51)61)67(57)63(53)55/h1-40H. The summed E-state index contributed by atoms with van der Waals surface area (Å²) in [5, 5.41) is 10.7. The molecule has 0 heteroatoms. The fraction of sp³-hybridized carbons (Fsp3) is 0. The summed E-state index contributed by atoms with van der Waals surface area (Å²) in [4.78, 5) is 0. The van der Waals surface area contributed by atoms with E-state index in [0.29, 0.717) is 0 Å². The second-order valence-corrected chi connectivity index (χ2v) is 18.5. The Hall–Kier alpha value is -8.84. The Morgan fingerprint density at radius 1 is 0.132 bits per heavy atom. The molecule has 0 radical (unpaired) electrons. The van der Waals surface area contributed by atoms with Crippen molar-refractivity contribution < 1.29 is 0 Å². The minimum atomic E-state index is 1.23. The molecule has 0 aliphatic heterocycles. The van der Waals surface area contributed by atoms with Gasteiger partial charge in [0.15, 0.2) is 0 Å². The summed E-state index contributed by atoms with van der Waals surface area (Å²) < 4.78 is 0. The zero-order chi connectivity index (χ0) is 44.5. The highest BCUT2D eigenvalue weighted by Crippen LogP contribution is 2.61. The second kappa shape index (κ2) is 14.3. The van der Waals surface area contributed by atoms with E-state index in [1.54, 1.807) is 0 Å². The van der Waals surface area contributed by atoms with Crippen LogP contribution in [0, 0.1) is 0 Å². The maximum absolute atomic E-state index is 2.44. The van der Waals surface area contributed by atoms with Gasteiger partial charge < -0.3 is 0 Å². The fourth-order valence-corrected chi connectivity index (χ4v) is 12.4. The van der Waals surface area contributed by atoms with Crippen LogP contribution >= 0.6 is 0 Å². The summed E-state index contributed by atoms with van der Waals surface area (Å²) in [6.07, 6.45) is 0. The first-order chi connectivity index (χ1) is 33.8. The Labute approximate surface area is 395 Å². The normalized spacial score (nSPS) is 12.1. The van der Waals surface area contributed by atoms with Crippen LogP contribution in [0.4, 0.5) is 0 Å². The van der Waals surface area contributed by atoms with Crippen LogP contribution in [0.15, 0.2) is 243 Å². The number of hydrogen-bond acceptors (Lipinski definition) is 0. The Balaban J connectivity index is 1.01. The topological polar surface area (TPSA) is 0 Å². The maximum Gasteiger partial charge on any atom is -0.00134 e. The van der Waals surface area contributed by atoms with Crippen LogP contribution < -0.4 is 0 Å². The Bertz CT molecular complexity index is 3910. The van der Waals surface area contributed by atoms with Gasteiger partial charge in [-0.2, -0.15) is 0 Å². The molecular formula is C68H40. The van der Waals surface area contributed by atoms with E-state index in [-0.39, 0.29) is 0 Å². The van der Waals surface area contributed by atoms with Crippen molar-refractivity contribution in [1.82, 2.24) is 0 Å². The third-order valence-electron chi connectivity index (χ3n) is 15.2. The highest BCUT2D eigenvalue weighted by Gasteiger charge is 2.33. The SMILES string of the molecule is c1ccc(-c2ccccc2-c2ccc(-c3ccccc3)c3c2-c2ccc4c5ccc6c7c(ccc(c8ccc-3c2c84)c75)-c2c(-c3ccccc3-c3ccccc3)ccc(-c3ccccc3)c2-6)cc1. The van der Waals surface area contributed by atoms with E-state index < -0.39 is 0 Å². The monoisotopic (exact) mass is 856 g/mol. The molecule has 0 amide bonds. The van der Waals surface area contributed by atoms with Crippen molar-refractivity contribution in [2.45, 2.75) is 0 Å². The van der Waals surface area contributed by atoms with Gasteiger partial charge in [0.2, 0.25) is 0 Å². The second-order valence-electron chi connectivity index (χ2n) is 18.5. The van der Waals surface area contributed by atoms with Gasteiger partial charge in [0.1, 0.15) is 0 Å². The summed E-state index contributed by atoms with van der Waals surface area (Å²) in [6, 6.07) is 90.5. The number of benzene rings is 13. The largest absolute Gasteiger partial charge is 0.0622 e. The van der Waals surface area contributed by atoms with Gasteiger partial charge >= 0.3 is 0 Å². The molecular weight excluding hydrogens is 817 g/mol. The van der Waals surface area contributed by atoms with Crippen molar-refractivity contribution in [3.63, 3.8) is 0 Å². The minimum absolute atomic E-state index is 1.23. The van der Waals surface area contributed by atoms with Crippen molar-refractivity contribution in [2.75, 3.05) is 0 Å². The lowest BCUT2D eigenvalue weighted by molar-refractivity contribution is 1.57. The van der Waals surface area contributed by atoms with Gasteiger partial charge in [-0.3, -0.25) is 0 Å². The fourth-order valence-electron chi connectivity index (χ4n) is 12.4. The van der Waals surface area contributed by atoms with E-state index >= 15 is 0 Å². The third-order valence-corrected chi connectivity index (χ3v) is 15.2. The molecule has 2 aliphatic rings. The molecule has 0 bridgehead atoms. The van der Waals surface area contributed by atoms with Crippen molar-refractivity contribution >= 4 is 43.1 Å². The van der Waals surface area contributed by atoms with E-state index in [2.05, 4.69) is 243 Å². The molecule has 0 saturated carbocycles. The molecule has 13 aromatic carbocycles. The van der Waals surface area contributed by atoms with Gasteiger partial charge in [0.25, 0.3) is 0 Å². The lowest BCUT2D eigenvalue weighted by Gasteiger charge is -2.18. The third kappa shape index (κ3) is 5.15. The molecule has 0 N–H and O–H groups in total. The van der Waals surface area contributed by atoms with Crippen LogP contribution in [0.2, 0.25) is 0 Å². The highest BCUT2D eigenvalue weighted by atomic mass is 14.4. The molecule has 2 aliphatic carbocycles. The average molecular weight is 857 g/mol. The van der Waals surface area contributed by atoms with Crippen molar-refractivity contribution in [3.8, 4) is 111 Å². The minimum Gasteiger partial charge on any atom is -0.0622 e. The van der Waals surface area contributed by atoms with Crippen LogP contribution in [0.5, 0.6) is 0 Å². The lowest BCUT2D eigenvalue weighted by Crippen LogP contribution is -1.91. The van der Waals surface area contributed by atoms with Crippen molar-refractivity contribution in [2.24, 2.45) is 0 Å². The molecule has 0 atom stereocenters. The first-order valence-corrected chi connectivity index (χ1v) is 23.8. The van der Waals surface area contributed by atoms with Crippen LogP contribution in [0.3, 0.4) is 0 Å². The van der Waals surface area contributed by atoms with E-state index in [4.69, 9.17) is 0 Å². The van der Waals surface area contributed by atoms with Crippen LogP contribution in [0.1, 0.15) is 0 Å². The van der Waals surface area contributed by atoms with E-state index in [0.717, 1.165) is 0 Å². The zero-order valence-electron chi connectivity index (χ0n) is 37.1. The molecule has 0 nitrogen and oxygen atoms in total. The average Bonchev–Trinajstić information content (AvgIpc) is 3.95. The summed E-state index contributed by atoms with van der Waals surface area (Å²) >= 11 is 0. The van der Waals surface area contributed by atoms with Gasteiger partial charge in [0, 0.05) is 0 Å². The molecule has 0 fully saturated rings. The van der Waals surface area contributed by atoms with Crippen molar-refractivity contribution in [1.29, 1.82) is 0 Å². The van der Waals surface area contributed by atoms with Crippen LogP contribution in [0.25, 0.3) is 154 Å². The molecule has 0 unspecified atom stereocenters. The van der Waals surface area contributed by atoms with E-state index in [1.807, 2.05) is 0 Å². The molecule has 0 spiro atoms. The molecule has 15 rings (SSSR count). The van der Waals surface area contributed by atoms with E-state index in [9.17, 15) is 0 Å². The molecule has 13 aromatic rings. The van der Waals surface area contributed by atoms with E-state index in [1.165, 1.54) is 154 Å². The van der Waals surface area contributed by atoms with Gasteiger partial charge in [0.05, 0.1) is 0 Å². The lowest BCUT2D eigenvalue weighted by atomic mass is 9.85. The summed E-state index contributed by atoms with van der Waals surface area (Å²) in [5.74, 6) is 0. The first-order valence-electron chi connectivity index (χ1n) is 23.8. The Morgan fingerprint density at radius 3 is 0.691 bits per heavy atom. The quantitative estimate of drug-likeness (QED) is 0.115. The van der Waals surface area contributed by atoms with Gasteiger partial charge in [-0.15, -0.1) is 0 Å². The van der Waals surface area contributed by atoms with Crippen LogP contribution in [-0.4, -0.2) is 0 Å². The molecule has 0 heterocycles. The predicted molar refractivity (Wildman–Crippen MR) is 289 cm³/mol.